The van der Waals surface area contributed by atoms with Crippen LogP contribution in [0.5, 0.6) is 0 Å². The number of fused-ring (bicyclic) bond motifs is 1. The van der Waals surface area contributed by atoms with Crippen LogP contribution in [0.25, 0.3) is 0 Å². The molecule has 1 aromatic carbocycles. The van der Waals surface area contributed by atoms with Crippen LogP contribution in [-0.4, -0.2) is 70.9 Å². The van der Waals surface area contributed by atoms with Gasteiger partial charge in [-0.05, 0) is 37.6 Å². The summed E-state index contributed by atoms with van der Waals surface area (Å²) in [5.41, 5.74) is 0.673. The Morgan fingerprint density at radius 3 is 1.97 bits per heavy atom. The summed E-state index contributed by atoms with van der Waals surface area (Å²) in [7, 11) is 0. The SMILES string of the molecule is O=C1c2cc(Cl)c(Cl)cc2C(=O)N1CCCCN1CCN(c2ncccn2)CC1. The van der Waals surface area contributed by atoms with Crippen LogP contribution in [0.4, 0.5) is 5.95 Å². The molecule has 0 spiro atoms. The smallest absolute Gasteiger partial charge is 0.261 e. The lowest BCUT2D eigenvalue weighted by atomic mass is 10.1. The van der Waals surface area contributed by atoms with Crippen molar-refractivity contribution in [3.05, 3.63) is 51.8 Å². The van der Waals surface area contributed by atoms with Gasteiger partial charge in [-0.3, -0.25) is 19.4 Å². The third-order valence-electron chi connectivity index (χ3n) is 5.32. The molecule has 0 radical (unpaired) electrons. The fourth-order valence-corrected chi connectivity index (χ4v) is 4.05. The summed E-state index contributed by atoms with van der Waals surface area (Å²) in [6.45, 7) is 5.02. The van der Waals surface area contributed by atoms with Crippen molar-refractivity contribution in [2.75, 3.05) is 44.2 Å². The highest BCUT2D eigenvalue weighted by Crippen LogP contribution is 2.31. The minimum atomic E-state index is -0.292. The topological polar surface area (TPSA) is 69.6 Å². The largest absolute Gasteiger partial charge is 0.338 e. The number of imide groups is 1. The maximum absolute atomic E-state index is 12.5. The minimum Gasteiger partial charge on any atom is -0.338 e. The Bertz CT molecular complexity index is 876. The lowest BCUT2D eigenvalue weighted by Gasteiger charge is -2.34. The lowest BCUT2D eigenvalue weighted by Crippen LogP contribution is -2.47. The van der Waals surface area contributed by atoms with Crippen LogP contribution < -0.4 is 4.90 Å². The molecular weight excluding hydrogens is 413 g/mol. The molecule has 7 nitrogen and oxygen atoms in total. The molecule has 2 aliphatic heterocycles. The van der Waals surface area contributed by atoms with E-state index in [1.54, 1.807) is 12.4 Å². The Morgan fingerprint density at radius 2 is 1.38 bits per heavy atom. The van der Waals surface area contributed by atoms with Gasteiger partial charge in [-0.15, -0.1) is 0 Å². The van der Waals surface area contributed by atoms with Gasteiger partial charge in [0.05, 0.1) is 21.2 Å². The van der Waals surface area contributed by atoms with Crippen LogP contribution in [0.2, 0.25) is 10.0 Å². The molecule has 1 fully saturated rings. The second-order valence-corrected chi connectivity index (χ2v) is 7.97. The van der Waals surface area contributed by atoms with E-state index in [9.17, 15) is 9.59 Å². The van der Waals surface area contributed by atoms with Gasteiger partial charge in [0.25, 0.3) is 11.8 Å². The monoisotopic (exact) mass is 433 g/mol. The number of hydrogen-bond acceptors (Lipinski definition) is 6. The highest BCUT2D eigenvalue weighted by atomic mass is 35.5. The summed E-state index contributed by atoms with van der Waals surface area (Å²) in [5.74, 6) is 0.193. The van der Waals surface area contributed by atoms with E-state index < -0.39 is 0 Å². The predicted octanol–water partition coefficient (Wildman–Crippen LogP) is 2.98. The Labute approximate surface area is 179 Å². The molecule has 4 rings (SSSR count). The summed E-state index contributed by atoms with van der Waals surface area (Å²) in [5, 5.41) is 0.571. The molecule has 0 aliphatic carbocycles. The number of unbranched alkanes of at least 4 members (excludes halogenated alkanes) is 1. The summed E-state index contributed by atoms with van der Waals surface area (Å²) in [4.78, 5) is 39.5. The molecule has 2 amide bonds. The number of nitrogens with zero attached hydrogens (tertiary/aromatic N) is 5. The molecule has 1 saturated heterocycles. The normalized spacial score (nSPS) is 17.2. The predicted molar refractivity (Wildman–Crippen MR) is 112 cm³/mol. The Kier molecular flexibility index (Phi) is 5.99. The minimum absolute atomic E-state index is 0.286. The first kappa shape index (κ1) is 20.1. The molecule has 0 bridgehead atoms. The van der Waals surface area contributed by atoms with Crippen molar-refractivity contribution < 1.29 is 9.59 Å². The average Bonchev–Trinajstić information content (AvgIpc) is 2.96. The summed E-state index contributed by atoms with van der Waals surface area (Å²) >= 11 is 12.0. The molecule has 152 valence electrons. The number of benzene rings is 1. The van der Waals surface area contributed by atoms with Gasteiger partial charge in [-0.1, -0.05) is 23.2 Å². The molecular formula is C20H21Cl2N5O2. The molecule has 29 heavy (non-hydrogen) atoms. The van der Waals surface area contributed by atoms with Gasteiger partial charge in [-0.2, -0.15) is 0 Å². The Balaban J connectivity index is 1.23. The number of halogens is 2. The molecule has 3 heterocycles. The second kappa shape index (κ2) is 8.65. The number of amides is 2. The summed E-state index contributed by atoms with van der Waals surface area (Å²) in [6, 6.07) is 4.78. The number of carbonyl (C=O) groups excluding carboxylic acids is 2. The maximum Gasteiger partial charge on any atom is 0.261 e. The Hall–Kier alpha value is -2.22. The van der Waals surface area contributed by atoms with E-state index in [2.05, 4.69) is 19.8 Å². The first-order valence-corrected chi connectivity index (χ1v) is 10.4. The number of hydrogen-bond donors (Lipinski definition) is 0. The van der Waals surface area contributed by atoms with Crippen LogP contribution in [0.1, 0.15) is 33.6 Å². The van der Waals surface area contributed by atoms with E-state index in [4.69, 9.17) is 23.2 Å². The number of piperazine rings is 1. The zero-order chi connectivity index (χ0) is 20.4. The van der Waals surface area contributed by atoms with Crippen molar-refractivity contribution >= 4 is 41.0 Å². The molecule has 2 aliphatic rings. The van der Waals surface area contributed by atoms with E-state index in [-0.39, 0.29) is 21.9 Å². The van der Waals surface area contributed by atoms with Gasteiger partial charge in [0.1, 0.15) is 0 Å². The molecule has 9 heteroatoms. The number of rotatable bonds is 6. The third kappa shape index (κ3) is 4.22. The fraction of sp³-hybridized carbons (Fsp3) is 0.400. The zero-order valence-corrected chi connectivity index (χ0v) is 17.4. The van der Waals surface area contributed by atoms with Crippen molar-refractivity contribution in [3.8, 4) is 0 Å². The summed E-state index contributed by atoms with van der Waals surface area (Å²) < 4.78 is 0. The van der Waals surface area contributed by atoms with Crippen LogP contribution in [0.3, 0.4) is 0 Å². The molecule has 1 aromatic heterocycles. The number of aromatic nitrogens is 2. The maximum atomic E-state index is 12.5. The van der Waals surface area contributed by atoms with Gasteiger partial charge in [0.2, 0.25) is 5.95 Å². The lowest BCUT2D eigenvalue weighted by molar-refractivity contribution is 0.0650. The van der Waals surface area contributed by atoms with Crippen molar-refractivity contribution in [2.45, 2.75) is 12.8 Å². The number of anilines is 1. The number of carbonyl (C=O) groups is 2. The highest BCUT2D eigenvalue weighted by Gasteiger charge is 2.35. The zero-order valence-electron chi connectivity index (χ0n) is 15.9. The van der Waals surface area contributed by atoms with Gasteiger partial charge in [-0.25, -0.2) is 9.97 Å². The highest BCUT2D eigenvalue weighted by molar-refractivity contribution is 6.43. The molecule has 0 atom stereocenters. The van der Waals surface area contributed by atoms with Gasteiger partial charge < -0.3 is 4.90 Å². The first-order valence-electron chi connectivity index (χ1n) is 9.64. The first-order chi connectivity index (χ1) is 14.0. The van der Waals surface area contributed by atoms with E-state index >= 15 is 0 Å². The van der Waals surface area contributed by atoms with E-state index in [0.29, 0.717) is 17.7 Å². The van der Waals surface area contributed by atoms with Crippen molar-refractivity contribution in [1.29, 1.82) is 0 Å². The molecule has 2 aromatic rings. The van der Waals surface area contributed by atoms with Gasteiger partial charge >= 0.3 is 0 Å². The standard InChI is InChI=1S/C20H21Cl2N5O2/c21-16-12-14-15(13-17(16)22)19(29)27(18(14)28)7-2-1-6-25-8-10-26(11-9-25)20-23-4-3-5-24-20/h3-5,12-13H,1-2,6-11H2. The van der Waals surface area contributed by atoms with E-state index in [1.807, 2.05) is 6.07 Å². The van der Waals surface area contributed by atoms with E-state index in [1.165, 1.54) is 17.0 Å². The van der Waals surface area contributed by atoms with Crippen molar-refractivity contribution in [1.82, 2.24) is 19.8 Å². The van der Waals surface area contributed by atoms with Crippen LogP contribution in [-0.2, 0) is 0 Å². The van der Waals surface area contributed by atoms with Crippen molar-refractivity contribution in [2.24, 2.45) is 0 Å². The molecule has 0 N–H and O–H groups in total. The quantitative estimate of drug-likeness (QED) is 0.515. The van der Waals surface area contributed by atoms with Crippen LogP contribution in [0.15, 0.2) is 30.6 Å². The second-order valence-electron chi connectivity index (χ2n) is 7.16. The Morgan fingerprint density at radius 1 is 0.828 bits per heavy atom. The van der Waals surface area contributed by atoms with Gasteiger partial charge in [0, 0.05) is 45.1 Å². The molecule has 0 saturated carbocycles. The van der Waals surface area contributed by atoms with Crippen LogP contribution in [0, 0.1) is 0 Å². The van der Waals surface area contributed by atoms with Crippen LogP contribution >= 0.6 is 23.2 Å². The fourth-order valence-electron chi connectivity index (χ4n) is 3.72. The van der Waals surface area contributed by atoms with Gasteiger partial charge in [0.15, 0.2) is 0 Å². The average molecular weight is 434 g/mol. The third-order valence-corrected chi connectivity index (χ3v) is 6.05. The van der Waals surface area contributed by atoms with E-state index in [0.717, 1.165) is 51.5 Å². The molecule has 0 unspecified atom stereocenters. The van der Waals surface area contributed by atoms with Crippen molar-refractivity contribution in [3.63, 3.8) is 0 Å². The summed E-state index contributed by atoms with van der Waals surface area (Å²) in [6.07, 6.45) is 5.19.